The van der Waals surface area contributed by atoms with Crippen LogP contribution in [0.3, 0.4) is 0 Å². The molecule has 7 heteroatoms. The summed E-state index contributed by atoms with van der Waals surface area (Å²) in [5, 5.41) is 5.07. The summed E-state index contributed by atoms with van der Waals surface area (Å²) < 4.78 is 26.3. The molecule has 0 bridgehead atoms. The number of hydrogen-bond acceptors (Lipinski definition) is 4. The highest BCUT2D eigenvalue weighted by atomic mass is 35.5. The van der Waals surface area contributed by atoms with Crippen LogP contribution in [-0.4, -0.2) is 44.7 Å². The van der Waals surface area contributed by atoms with Crippen LogP contribution in [0, 0.1) is 0 Å². The lowest BCUT2D eigenvalue weighted by Gasteiger charge is -2.23. The summed E-state index contributed by atoms with van der Waals surface area (Å²) in [6, 6.07) is 4.10. The second kappa shape index (κ2) is 7.59. The molecular formula is C12H21ClN2O2S2. The third kappa shape index (κ3) is 4.43. The fourth-order valence-corrected chi connectivity index (χ4v) is 5.01. The van der Waals surface area contributed by atoms with Crippen molar-refractivity contribution in [2.45, 2.75) is 25.3 Å². The molecule has 1 aromatic rings. The van der Waals surface area contributed by atoms with Crippen LogP contribution in [0.5, 0.6) is 0 Å². The van der Waals surface area contributed by atoms with Crippen LogP contribution in [0.15, 0.2) is 17.5 Å². The lowest BCUT2D eigenvalue weighted by Crippen LogP contribution is -2.42. The summed E-state index contributed by atoms with van der Waals surface area (Å²) in [4.78, 5) is 1.14. The van der Waals surface area contributed by atoms with Gasteiger partial charge in [0.15, 0.2) is 0 Å². The van der Waals surface area contributed by atoms with E-state index < -0.39 is 10.0 Å². The summed E-state index contributed by atoms with van der Waals surface area (Å²) >= 11 is 1.62. The van der Waals surface area contributed by atoms with Gasteiger partial charge in [0, 0.05) is 24.0 Å². The van der Waals surface area contributed by atoms with Crippen molar-refractivity contribution in [2.75, 3.05) is 25.9 Å². The van der Waals surface area contributed by atoms with E-state index in [0.717, 1.165) is 24.3 Å². The minimum absolute atomic E-state index is 0. The summed E-state index contributed by atoms with van der Waals surface area (Å²) in [5.41, 5.74) is 0. The van der Waals surface area contributed by atoms with Crippen molar-refractivity contribution in [3.63, 3.8) is 0 Å². The Bertz CT molecular complexity index is 462. The maximum absolute atomic E-state index is 12.3. The summed E-state index contributed by atoms with van der Waals surface area (Å²) in [6.07, 6.45) is 2.58. The van der Waals surface area contributed by atoms with E-state index in [-0.39, 0.29) is 24.2 Å². The van der Waals surface area contributed by atoms with Crippen LogP contribution in [0.25, 0.3) is 0 Å². The predicted octanol–water partition coefficient (Wildman–Crippen LogP) is 1.73. The van der Waals surface area contributed by atoms with Gasteiger partial charge in [-0.25, -0.2) is 8.42 Å². The molecule has 4 nitrogen and oxygen atoms in total. The van der Waals surface area contributed by atoms with Crippen LogP contribution in [0.2, 0.25) is 0 Å². The van der Waals surface area contributed by atoms with Crippen molar-refractivity contribution in [3.05, 3.63) is 22.4 Å². The number of sulfonamides is 1. The van der Waals surface area contributed by atoms with Gasteiger partial charge in [0.2, 0.25) is 10.0 Å². The topological polar surface area (TPSA) is 49.4 Å². The molecule has 1 atom stereocenters. The van der Waals surface area contributed by atoms with Crippen molar-refractivity contribution < 1.29 is 8.42 Å². The van der Waals surface area contributed by atoms with E-state index in [1.165, 1.54) is 0 Å². The fraction of sp³-hybridized carbons (Fsp3) is 0.667. The normalized spacial score (nSPS) is 20.4. The molecule has 0 saturated carbocycles. The van der Waals surface area contributed by atoms with Crippen molar-refractivity contribution in [2.24, 2.45) is 0 Å². The number of likely N-dealkylation sites (N-methyl/N-ethyl adjacent to an activating group) is 1. The van der Waals surface area contributed by atoms with Gasteiger partial charge in [0.1, 0.15) is 0 Å². The number of halogens is 1. The summed E-state index contributed by atoms with van der Waals surface area (Å²) in [7, 11) is -1.24. The first kappa shape index (κ1) is 16.9. The quantitative estimate of drug-likeness (QED) is 0.867. The van der Waals surface area contributed by atoms with E-state index in [4.69, 9.17) is 0 Å². The molecule has 110 valence electrons. The lowest BCUT2D eigenvalue weighted by molar-refractivity contribution is 0.379. The first-order chi connectivity index (χ1) is 8.63. The van der Waals surface area contributed by atoms with Gasteiger partial charge in [-0.3, -0.25) is 0 Å². The molecule has 0 amide bonds. The number of nitrogens with zero attached hydrogens (tertiary/aromatic N) is 1. The van der Waals surface area contributed by atoms with Crippen LogP contribution < -0.4 is 5.32 Å². The van der Waals surface area contributed by atoms with Gasteiger partial charge >= 0.3 is 0 Å². The molecule has 1 aromatic heterocycles. The monoisotopic (exact) mass is 324 g/mol. The lowest BCUT2D eigenvalue weighted by atomic mass is 10.2. The molecular weight excluding hydrogens is 304 g/mol. The number of nitrogens with one attached hydrogen (secondary N) is 1. The Morgan fingerprint density at radius 1 is 1.53 bits per heavy atom. The molecule has 1 saturated heterocycles. The zero-order valence-corrected chi connectivity index (χ0v) is 13.5. The molecule has 19 heavy (non-hydrogen) atoms. The van der Waals surface area contributed by atoms with Gasteiger partial charge in [0.05, 0.1) is 5.75 Å². The van der Waals surface area contributed by atoms with Crippen molar-refractivity contribution >= 4 is 33.8 Å². The molecule has 1 fully saturated rings. The number of hydrogen-bond donors (Lipinski definition) is 1. The standard InChI is InChI=1S/C12H20N2O2S2.ClH/c1-13-10-11-4-2-7-14(11)18(15,16)9-6-12-5-3-8-17-12;/h3,5,8,11,13H,2,4,6-7,9-10H2,1H3;1H. The Morgan fingerprint density at radius 2 is 2.32 bits per heavy atom. The van der Waals surface area contributed by atoms with Crippen molar-refractivity contribution in [1.82, 2.24) is 9.62 Å². The highest BCUT2D eigenvalue weighted by Gasteiger charge is 2.33. The van der Waals surface area contributed by atoms with Gasteiger partial charge in [-0.15, -0.1) is 23.7 Å². The van der Waals surface area contributed by atoms with Gasteiger partial charge in [0.25, 0.3) is 0 Å². The number of thiophene rings is 1. The smallest absolute Gasteiger partial charge is 0.214 e. The zero-order valence-electron chi connectivity index (χ0n) is 11.0. The van der Waals surface area contributed by atoms with Crippen LogP contribution in [0.4, 0.5) is 0 Å². The molecule has 2 heterocycles. The minimum Gasteiger partial charge on any atom is -0.318 e. The largest absolute Gasteiger partial charge is 0.318 e. The van der Waals surface area contributed by atoms with E-state index >= 15 is 0 Å². The first-order valence-corrected chi connectivity index (χ1v) is 8.79. The highest BCUT2D eigenvalue weighted by Crippen LogP contribution is 2.22. The fourth-order valence-electron chi connectivity index (χ4n) is 2.42. The highest BCUT2D eigenvalue weighted by molar-refractivity contribution is 7.89. The SMILES string of the molecule is CNCC1CCCN1S(=O)(=O)CCc1cccs1.Cl. The molecule has 0 aromatic carbocycles. The summed E-state index contributed by atoms with van der Waals surface area (Å²) in [6.45, 7) is 1.43. The predicted molar refractivity (Wildman–Crippen MR) is 82.7 cm³/mol. The van der Waals surface area contributed by atoms with E-state index in [0.29, 0.717) is 13.0 Å². The molecule has 2 rings (SSSR count). The zero-order chi connectivity index (χ0) is 13.0. The van der Waals surface area contributed by atoms with Gasteiger partial charge in [-0.05, 0) is 37.8 Å². The average molecular weight is 325 g/mol. The summed E-state index contributed by atoms with van der Waals surface area (Å²) in [5.74, 6) is 0.230. The molecule has 0 spiro atoms. The van der Waals surface area contributed by atoms with E-state index in [1.807, 2.05) is 24.6 Å². The Balaban J connectivity index is 0.00000180. The van der Waals surface area contributed by atoms with E-state index in [9.17, 15) is 8.42 Å². The van der Waals surface area contributed by atoms with Gasteiger partial charge in [-0.1, -0.05) is 6.07 Å². The second-order valence-corrected chi connectivity index (χ2v) is 7.68. The van der Waals surface area contributed by atoms with Gasteiger partial charge in [-0.2, -0.15) is 4.31 Å². The average Bonchev–Trinajstić information content (AvgIpc) is 2.97. The molecule has 1 aliphatic heterocycles. The third-order valence-electron chi connectivity index (χ3n) is 3.31. The second-order valence-electron chi connectivity index (χ2n) is 4.61. The molecule has 1 aliphatic rings. The Kier molecular flexibility index (Phi) is 6.76. The number of aryl methyl sites for hydroxylation is 1. The maximum Gasteiger partial charge on any atom is 0.214 e. The first-order valence-electron chi connectivity index (χ1n) is 6.30. The minimum atomic E-state index is -3.11. The Morgan fingerprint density at radius 3 is 2.95 bits per heavy atom. The van der Waals surface area contributed by atoms with E-state index in [2.05, 4.69) is 5.32 Å². The third-order valence-corrected chi connectivity index (χ3v) is 6.16. The number of rotatable bonds is 6. The molecule has 1 unspecified atom stereocenters. The molecule has 0 radical (unpaired) electrons. The van der Waals surface area contributed by atoms with Crippen molar-refractivity contribution in [3.8, 4) is 0 Å². The van der Waals surface area contributed by atoms with E-state index in [1.54, 1.807) is 15.6 Å². The van der Waals surface area contributed by atoms with Gasteiger partial charge < -0.3 is 5.32 Å². The maximum atomic E-state index is 12.3. The van der Waals surface area contributed by atoms with Crippen LogP contribution >= 0.6 is 23.7 Å². The van der Waals surface area contributed by atoms with Crippen molar-refractivity contribution in [1.29, 1.82) is 0 Å². The molecule has 0 aliphatic carbocycles. The Hall–Kier alpha value is -0.140. The van der Waals surface area contributed by atoms with Crippen LogP contribution in [0.1, 0.15) is 17.7 Å². The van der Waals surface area contributed by atoms with Crippen LogP contribution in [-0.2, 0) is 16.4 Å². The molecule has 1 N–H and O–H groups in total. The Labute approximate surface area is 125 Å².